The summed E-state index contributed by atoms with van der Waals surface area (Å²) in [6, 6.07) is 17.6. The molecule has 0 bridgehead atoms. The van der Waals surface area contributed by atoms with E-state index in [1.807, 2.05) is 12.1 Å². The van der Waals surface area contributed by atoms with Crippen LogP contribution in [0, 0.1) is 5.41 Å². The Bertz CT molecular complexity index is 696. The zero-order chi connectivity index (χ0) is 16.9. The van der Waals surface area contributed by atoms with Crippen molar-refractivity contribution in [2.24, 2.45) is 0 Å². The molecule has 0 aromatic heterocycles. The number of benzene rings is 2. The van der Waals surface area contributed by atoms with Gasteiger partial charge in [-0.15, -0.1) is 24.8 Å². The fraction of sp³-hybridized carbons (Fsp3) is 0.350. The monoisotopic (exact) mass is 395 g/mol. The van der Waals surface area contributed by atoms with Gasteiger partial charge in [0.15, 0.2) is 0 Å². The maximum Gasteiger partial charge on any atom is 0.116 e. The Morgan fingerprint density at radius 2 is 1.92 bits per heavy atom. The maximum atomic E-state index is 9.63. The SMILES string of the molecule is CC(CN1CCNC(C(=N)c2cccc(O)c2)C1)c1ccccc1.Cl.Cl. The van der Waals surface area contributed by atoms with Crippen LogP contribution < -0.4 is 5.32 Å². The van der Waals surface area contributed by atoms with E-state index in [0.717, 1.165) is 31.7 Å². The molecule has 0 aliphatic carbocycles. The number of piperazine rings is 1. The van der Waals surface area contributed by atoms with E-state index in [2.05, 4.69) is 41.4 Å². The van der Waals surface area contributed by atoms with Gasteiger partial charge in [0.25, 0.3) is 0 Å². The third-order valence-corrected chi connectivity index (χ3v) is 4.67. The molecule has 6 heteroatoms. The first kappa shape index (κ1) is 22.5. The quantitative estimate of drug-likeness (QED) is 0.676. The number of halogens is 2. The summed E-state index contributed by atoms with van der Waals surface area (Å²) in [5.41, 5.74) is 2.68. The number of aromatic hydroxyl groups is 1. The Balaban J connectivity index is 0.00000169. The minimum atomic E-state index is 0. The van der Waals surface area contributed by atoms with Crippen LogP contribution >= 0.6 is 24.8 Å². The van der Waals surface area contributed by atoms with Crippen molar-refractivity contribution in [1.82, 2.24) is 10.2 Å². The van der Waals surface area contributed by atoms with Crippen molar-refractivity contribution in [1.29, 1.82) is 5.41 Å². The van der Waals surface area contributed by atoms with E-state index in [-0.39, 0.29) is 36.6 Å². The number of nitrogens with one attached hydrogen (secondary N) is 2. The van der Waals surface area contributed by atoms with Gasteiger partial charge in [-0.05, 0) is 23.6 Å². The molecule has 2 aromatic rings. The van der Waals surface area contributed by atoms with Crippen LogP contribution in [-0.4, -0.2) is 47.9 Å². The topological polar surface area (TPSA) is 59.4 Å². The third kappa shape index (κ3) is 5.71. The molecule has 4 nitrogen and oxygen atoms in total. The van der Waals surface area contributed by atoms with E-state index in [1.54, 1.807) is 18.2 Å². The lowest BCUT2D eigenvalue weighted by molar-refractivity contribution is 0.214. The van der Waals surface area contributed by atoms with Crippen molar-refractivity contribution in [2.45, 2.75) is 18.9 Å². The molecule has 2 unspecified atom stereocenters. The van der Waals surface area contributed by atoms with Crippen LogP contribution in [0.2, 0.25) is 0 Å². The smallest absolute Gasteiger partial charge is 0.116 e. The zero-order valence-corrected chi connectivity index (χ0v) is 16.5. The second kappa shape index (κ2) is 10.5. The summed E-state index contributed by atoms with van der Waals surface area (Å²) in [6.07, 6.45) is 0. The van der Waals surface area contributed by atoms with Gasteiger partial charge in [0.1, 0.15) is 5.75 Å². The number of hydrogen-bond acceptors (Lipinski definition) is 4. The Kier molecular flexibility index (Phi) is 9.09. The van der Waals surface area contributed by atoms with E-state index in [4.69, 9.17) is 5.41 Å². The summed E-state index contributed by atoms with van der Waals surface area (Å²) in [5.74, 6) is 0.683. The molecule has 1 fully saturated rings. The van der Waals surface area contributed by atoms with Crippen LogP contribution in [0.3, 0.4) is 0 Å². The van der Waals surface area contributed by atoms with Crippen LogP contribution in [0.25, 0.3) is 0 Å². The maximum absolute atomic E-state index is 9.63. The largest absolute Gasteiger partial charge is 0.508 e. The first-order valence-electron chi connectivity index (χ1n) is 8.52. The van der Waals surface area contributed by atoms with E-state index in [0.29, 0.717) is 11.6 Å². The van der Waals surface area contributed by atoms with Crippen LogP contribution in [0.4, 0.5) is 0 Å². The van der Waals surface area contributed by atoms with Crippen molar-refractivity contribution in [2.75, 3.05) is 26.2 Å². The highest BCUT2D eigenvalue weighted by Gasteiger charge is 2.24. The molecule has 1 heterocycles. The molecule has 26 heavy (non-hydrogen) atoms. The molecule has 2 aromatic carbocycles. The second-order valence-electron chi connectivity index (χ2n) is 6.54. The molecule has 0 amide bonds. The summed E-state index contributed by atoms with van der Waals surface area (Å²) in [7, 11) is 0. The number of nitrogens with zero attached hydrogens (tertiary/aromatic N) is 1. The Morgan fingerprint density at radius 1 is 1.19 bits per heavy atom. The van der Waals surface area contributed by atoms with Gasteiger partial charge in [0.05, 0.1) is 11.8 Å². The predicted octanol–water partition coefficient (Wildman–Crippen LogP) is 3.68. The molecule has 0 saturated carbocycles. The van der Waals surface area contributed by atoms with Crippen LogP contribution in [-0.2, 0) is 0 Å². The summed E-state index contributed by atoms with van der Waals surface area (Å²) in [4.78, 5) is 2.43. The fourth-order valence-electron chi connectivity index (χ4n) is 3.32. The molecule has 142 valence electrons. The molecule has 0 radical (unpaired) electrons. The summed E-state index contributed by atoms with van der Waals surface area (Å²) in [6.45, 7) is 5.96. The fourth-order valence-corrected chi connectivity index (χ4v) is 3.32. The van der Waals surface area contributed by atoms with E-state index in [1.165, 1.54) is 5.56 Å². The normalized spacial score (nSPS) is 18.3. The predicted molar refractivity (Wildman–Crippen MR) is 113 cm³/mol. The number of hydrogen-bond donors (Lipinski definition) is 3. The molecular formula is C20H27Cl2N3O. The molecular weight excluding hydrogens is 369 g/mol. The standard InChI is InChI=1S/C20H25N3O.2ClH/c1-15(16-6-3-2-4-7-16)13-23-11-10-22-19(14-23)20(21)17-8-5-9-18(24)12-17;;/h2-9,12,15,19,21-22,24H,10-11,13-14H2,1H3;2*1H. The Morgan fingerprint density at radius 3 is 2.62 bits per heavy atom. The molecule has 1 aliphatic rings. The highest BCUT2D eigenvalue weighted by molar-refractivity contribution is 6.02. The first-order valence-corrected chi connectivity index (χ1v) is 8.52. The lowest BCUT2D eigenvalue weighted by Gasteiger charge is -2.35. The van der Waals surface area contributed by atoms with Crippen molar-refractivity contribution < 1.29 is 5.11 Å². The van der Waals surface area contributed by atoms with Crippen molar-refractivity contribution in [3.63, 3.8) is 0 Å². The van der Waals surface area contributed by atoms with Crippen molar-refractivity contribution in [3.8, 4) is 5.75 Å². The summed E-state index contributed by atoms with van der Waals surface area (Å²) in [5, 5.41) is 21.5. The van der Waals surface area contributed by atoms with Gasteiger partial charge in [-0.1, -0.05) is 49.4 Å². The highest BCUT2D eigenvalue weighted by atomic mass is 35.5. The molecule has 3 rings (SSSR count). The second-order valence-corrected chi connectivity index (χ2v) is 6.54. The van der Waals surface area contributed by atoms with Gasteiger partial charge in [0, 0.05) is 31.7 Å². The third-order valence-electron chi connectivity index (χ3n) is 4.67. The lowest BCUT2D eigenvalue weighted by Crippen LogP contribution is -2.54. The number of phenols is 1. The molecule has 1 saturated heterocycles. The van der Waals surface area contributed by atoms with Crippen molar-refractivity contribution in [3.05, 3.63) is 65.7 Å². The average Bonchev–Trinajstić information content (AvgIpc) is 2.62. The summed E-state index contributed by atoms with van der Waals surface area (Å²) < 4.78 is 0. The molecule has 1 aliphatic heterocycles. The number of phenolic OH excluding ortho intramolecular Hbond substituents is 1. The van der Waals surface area contributed by atoms with Gasteiger partial charge in [-0.3, -0.25) is 4.90 Å². The van der Waals surface area contributed by atoms with Crippen LogP contribution in [0.1, 0.15) is 24.0 Å². The highest BCUT2D eigenvalue weighted by Crippen LogP contribution is 2.18. The van der Waals surface area contributed by atoms with Crippen LogP contribution in [0.5, 0.6) is 5.75 Å². The number of rotatable bonds is 5. The lowest BCUT2D eigenvalue weighted by atomic mass is 9.98. The van der Waals surface area contributed by atoms with Gasteiger partial charge in [-0.25, -0.2) is 0 Å². The summed E-state index contributed by atoms with van der Waals surface area (Å²) >= 11 is 0. The van der Waals surface area contributed by atoms with E-state index < -0.39 is 0 Å². The molecule has 3 N–H and O–H groups in total. The Hall–Kier alpha value is -1.59. The van der Waals surface area contributed by atoms with Crippen molar-refractivity contribution >= 4 is 30.5 Å². The van der Waals surface area contributed by atoms with E-state index in [9.17, 15) is 5.11 Å². The van der Waals surface area contributed by atoms with Gasteiger partial charge in [0.2, 0.25) is 0 Å². The van der Waals surface area contributed by atoms with Gasteiger partial charge in [-0.2, -0.15) is 0 Å². The van der Waals surface area contributed by atoms with E-state index >= 15 is 0 Å². The van der Waals surface area contributed by atoms with Gasteiger partial charge < -0.3 is 15.8 Å². The van der Waals surface area contributed by atoms with Crippen LogP contribution in [0.15, 0.2) is 54.6 Å². The average molecular weight is 396 g/mol. The minimum Gasteiger partial charge on any atom is -0.508 e. The Labute approximate surface area is 167 Å². The minimum absolute atomic E-state index is 0. The zero-order valence-electron chi connectivity index (χ0n) is 14.9. The first-order chi connectivity index (χ1) is 11.6. The molecule has 2 atom stereocenters. The molecule has 0 spiro atoms. The van der Waals surface area contributed by atoms with Gasteiger partial charge >= 0.3 is 0 Å².